The average Bonchev–Trinajstić information content (AvgIpc) is 2.62. The number of hydrogen-bond acceptors (Lipinski definition) is 3. The van der Waals surface area contributed by atoms with E-state index in [2.05, 4.69) is 36.1 Å². The molecular weight excluding hydrogens is 322 g/mol. The van der Waals surface area contributed by atoms with E-state index in [4.69, 9.17) is 21.1 Å². The fourth-order valence-corrected chi connectivity index (χ4v) is 3.67. The molecule has 3 nitrogen and oxygen atoms in total. The second-order valence-corrected chi connectivity index (χ2v) is 6.57. The fourth-order valence-electron chi connectivity index (χ4n) is 3.54. The molecule has 1 aliphatic heterocycles. The van der Waals surface area contributed by atoms with Gasteiger partial charge in [-0.3, -0.25) is 4.90 Å². The summed E-state index contributed by atoms with van der Waals surface area (Å²) < 4.78 is 11.0. The number of methoxy groups -OCH3 is 2. The second-order valence-electron chi connectivity index (χ2n) is 6.13. The lowest BCUT2D eigenvalue weighted by Gasteiger charge is -2.37. The van der Waals surface area contributed by atoms with E-state index in [-0.39, 0.29) is 0 Å². The molecule has 1 atom stereocenters. The van der Waals surface area contributed by atoms with Crippen molar-refractivity contribution in [2.75, 3.05) is 27.3 Å². The van der Waals surface area contributed by atoms with Crippen molar-refractivity contribution in [2.45, 2.75) is 25.8 Å². The molecule has 1 aliphatic rings. The number of ether oxygens (including phenoxy) is 2. The van der Waals surface area contributed by atoms with Crippen LogP contribution in [0.15, 0.2) is 36.4 Å². The maximum absolute atomic E-state index is 6.02. The van der Waals surface area contributed by atoms with Crippen LogP contribution in [0, 0.1) is 0 Å². The van der Waals surface area contributed by atoms with Gasteiger partial charge in [0, 0.05) is 17.6 Å². The quantitative estimate of drug-likeness (QED) is 0.795. The summed E-state index contributed by atoms with van der Waals surface area (Å²) in [5.74, 6) is 1.61. The van der Waals surface area contributed by atoms with Crippen molar-refractivity contribution in [3.05, 3.63) is 58.1 Å². The first-order valence-corrected chi connectivity index (χ1v) is 8.77. The molecule has 0 saturated carbocycles. The van der Waals surface area contributed by atoms with Crippen LogP contribution in [-0.4, -0.2) is 32.2 Å². The van der Waals surface area contributed by atoms with E-state index in [0.717, 1.165) is 42.5 Å². The van der Waals surface area contributed by atoms with Crippen LogP contribution in [0.25, 0.3) is 0 Å². The van der Waals surface area contributed by atoms with Gasteiger partial charge in [0.15, 0.2) is 11.5 Å². The van der Waals surface area contributed by atoms with Crippen LogP contribution >= 0.6 is 11.6 Å². The van der Waals surface area contributed by atoms with Crippen LogP contribution in [0.4, 0.5) is 0 Å². The summed E-state index contributed by atoms with van der Waals surface area (Å²) in [6.07, 6.45) is 2.01. The molecule has 0 radical (unpaired) electrons. The fraction of sp³-hybridized carbons (Fsp3) is 0.400. The molecule has 0 saturated heterocycles. The Morgan fingerprint density at radius 2 is 1.75 bits per heavy atom. The Balaban J connectivity index is 1.99. The van der Waals surface area contributed by atoms with Gasteiger partial charge in [0.1, 0.15) is 0 Å². The number of benzene rings is 2. The van der Waals surface area contributed by atoms with Crippen molar-refractivity contribution in [1.82, 2.24) is 4.90 Å². The summed E-state index contributed by atoms with van der Waals surface area (Å²) in [6.45, 7) is 4.32. The minimum atomic E-state index is 0.347. The first kappa shape index (κ1) is 17.1. The van der Waals surface area contributed by atoms with E-state index >= 15 is 0 Å². The molecule has 4 heteroatoms. The number of halogens is 1. The number of hydrogen-bond donors (Lipinski definition) is 0. The third-order valence-electron chi connectivity index (χ3n) is 4.86. The molecule has 0 aromatic heterocycles. The normalized spacial score (nSPS) is 17.4. The monoisotopic (exact) mass is 345 g/mol. The van der Waals surface area contributed by atoms with E-state index in [1.165, 1.54) is 16.7 Å². The molecule has 0 spiro atoms. The molecule has 0 N–H and O–H groups in total. The molecule has 3 rings (SSSR count). The molecule has 0 aliphatic carbocycles. The molecule has 24 heavy (non-hydrogen) atoms. The molecule has 1 heterocycles. The zero-order chi connectivity index (χ0) is 17.1. The molecule has 0 fully saturated rings. The van der Waals surface area contributed by atoms with Crippen LogP contribution in [0.5, 0.6) is 11.5 Å². The van der Waals surface area contributed by atoms with Crippen LogP contribution in [0.3, 0.4) is 0 Å². The molecule has 0 bridgehead atoms. The number of fused-ring (bicyclic) bond motifs is 1. The van der Waals surface area contributed by atoms with Gasteiger partial charge in [-0.2, -0.15) is 0 Å². The highest BCUT2D eigenvalue weighted by atomic mass is 35.5. The Labute approximate surface area is 149 Å². The minimum Gasteiger partial charge on any atom is -0.493 e. The zero-order valence-corrected chi connectivity index (χ0v) is 15.3. The standard InChI is InChI=1S/C20H24ClNO2/c1-4-22-10-9-15-12-19(23-2)20(24-3)13-17(15)18(22)11-14-5-7-16(21)8-6-14/h5-8,12-13,18H,4,9-11H2,1-3H3. The van der Waals surface area contributed by atoms with Gasteiger partial charge in [0.2, 0.25) is 0 Å². The van der Waals surface area contributed by atoms with Crippen LogP contribution in [-0.2, 0) is 12.8 Å². The topological polar surface area (TPSA) is 21.7 Å². The minimum absolute atomic E-state index is 0.347. The van der Waals surface area contributed by atoms with E-state index in [1.807, 2.05) is 12.1 Å². The molecule has 2 aromatic rings. The molecule has 2 aromatic carbocycles. The third-order valence-corrected chi connectivity index (χ3v) is 5.11. The van der Waals surface area contributed by atoms with Crippen molar-refractivity contribution < 1.29 is 9.47 Å². The maximum Gasteiger partial charge on any atom is 0.161 e. The third kappa shape index (κ3) is 3.38. The average molecular weight is 346 g/mol. The SMILES string of the molecule is CCN1CCc2cc(OC)c(OC)cc2C1Cc1ccc(Cl)cc1. The Morgan fingerprint density at radius 3 is 2.38 bits per heavy atom. The second kappa shape index (κ2) is 7.45. The summed E-state index contributed by atoms with van der Waals surface area (Å²) in [5, 5.41) is 0.779. The van der Waals surface area contributed by atoms with Crippen LogP contribution in [0.2, 0.25) is 5.02 Å². The Hall–Kier alpha value is -1.71. The maximum atomic E-state index is 6.02. The lowest BCUT2D eigenvalue weighted by molar-refractivity contribution is 0.193. The lowest BCUT2D eigenvalue weighted by Crippen LogP contribution is -2.36. The number of nitrogens with zero attached hydrogens (tertiary/aromatic N) is 1. The largest absolute Gasteiger partial charge is 0.493 e. The Bertz CT molecular complexity index is 700. The lowest BCUT2D eigenvalue weighted by atomic mass is 9.88. The van der Waals surface area contributed by atoms with E-state index in [9.17, 15) is 0 Å². The zero-order valence-electron chi connectivity index (χ0n) is 14.5. The molecule has 1 unspecified atom stereocenters. The van der Waals surface area contributed by atoms with E-state index < -0.39 is 0 Å². The van der Waals surface area contributed by atoms with Gasteiger partial charge in [-0.15, -0.1) is 0 Å². The summed E-state index contributed by atoms with van der Waals surface area (Å²) in [4.78, 5) is 2.53. The number of rotatable bonds is 5. The smallest absolute Gasteiger partial charge is 0.161 e. The highest BCUT2D eigenvalue weighted by Gasteiger charge is 2.28. The highest BCUT2D eigenvalue weighted by Crippen LogP contribution is 2.39. The van der Waals surface area contributed by atoms with Gasteiger partial charge in [-0.05, 0) is 60.3 Å². The van der Waals surface area contributed by atoms with Crippen LogP contribution in [0.1, 0.15) is 29.7 Å². The summed E-state index contributed by atoms with van der Waals surface area (Å²) in [6, 6.07) is 12.8. The van der Waals surface area contributed by atoms with Gasteiger partial charge in [0.25, 0.3) is 0 Å². The molecular formula is C20H24ClNO2. The van der Waals surface area contributed by atoms with Gasteiger partial charge < -0.3 is 9.47 Å². The number of likely N-dealkylation sites (N-methyl/N-ethyl adjacent to an activating group) is 1. The van der Waals surface area contributed by atoms with Gasteiger partial charge >= 0.3 is 0 Å². The van der Waals surface area contributed by atoms with Crippen molar-refractivity contribution in [3.8, 4) is 11.5 Å². The van der Waals surface area contributed by atoms with Gasteiger partial charge in [-0.1, -0.05) is 30.7 Å². The van der Waals surface area contributed by atoms with E-state index in [0.29, 0.717) is 6.04 Å². The first-order chi connectivity index (χ1) is 11.7. The molecule has 128 valence electrons. The predicted molar refractivity (Wildman–Crippen MR) is 98.4 cm³/mol. The first-order valence-electron chi connectivity index (χ1n) is 8.39. The van der Waals surface area contributed by atoms with E-state index in [1.54, 1.807) is 14.2 Å². The Morgan fingerprint density at radius 1 is 1.08 bits per heavy atom. The summed E-state index contributed by atoms with van der Waals surface area (Å²) >= 11 is 6.02. The predicted octanol–water partition coefficient (Wildman–Crippen LogP) is 4.52. The van der Waals surface area contributed by atoms with Gasteiger partial charge in [-0.25, -0.2) is 0 Å². The van der Waals surface area contributed by atoms with Crippen molar-refractivity contribution in [2.24, 2.45) is 0 Å². The highest BCUT2D eigenvalue weighted by molar-refractivity contribution is 6.30. The van der Waals surface area contributed by atoms with Crippen LogP contribution < -0.4 is 9.47 Å². The summed E-state index contributed by atoms with van der Waals surface area (Å²) in [7, 11) is 3.38. The van der Waals surface area contributed by atoms with Crippen molar-refractivity contribution in [3.63, 3.8) is 0 Å². The van der Waals surface area contributed by atoms with Gasteiger partial charge in [0.05, 0.1) is 14.2 Å². The van der Waals surface area contributed by atoms with Crippen molar-refractivity contribution >= 4 is 11.6 Å². The van der Waals surface area contributed by atoms with Crippen molar-refractivity contribution in [1.29, 1.82) is 0 Å². The summed E-state index contributed by atoms with van der Waals surface area (Å²) in [5.41, 5.74) is 4.00. The molecule has 0 amide bonds. The Kier molecular flexibility index (Phi) is 5.32.